The molecule has 2 rings (SSSR count). The number of aromatic nitrogens is 3. The maximum absolute atomic E-state index is 12.6. The third-order valence-electron chi connectivity index (χ3n) is 3.20. The van der Waals surface area contributed by atoms with Crippen molar-refractivity contribution in [1.29, 1.82) is 0 Å². The van der Waals surface area contributed by atoms with Crippen LogP contribution in [0.1, 0.15) is 11.4 Å². The van der Waals surface area contributed by atoms with E-state index in [0.29, 0.717) is 15.8 Å². The number of nitrogens with zero attached hydrogens (tertiary/aromatic N) is 3. The van der Waals surface area contributed by atoms with Gasteiger partial charge < -0.3 is 10.6 Å². The third-order valence-corrected chi connectivity index (χ3v) is 3.20. The molecule has 0 unspecified atom stereocenters. The number of carbonyl (C=O) groups is 1. The molecule has 10 heteroatoms. The molecule has 0 spiro atoms. The molecule has 7 nitrogen and oxygen atoms in total. The van der Waals surface area contributed by atoms with Gasteiger partial charge in [0.05, 0.1) is 6.54 Å². The topological polar surface area (TPSA) is 81.0 Å². The number of halogens is 3. The Morgan fingerprint density at radius 2 is 1.88 bits per heavy atom. The molecule has 1 aromatic carbocycles. The molecule has 0 bridgehead atoms. The van der Waals surface area contributed by atoms with Gasteiger partial charge >= 0.3 is 17.9 Å². The first-order chi connectivity index (χ1) is 11.3. The van der Waals surface area contributed by atoms with Crippen LogP contribution < -0.4 is 16.3 Å². The van der Waals surface area contributed by atoms with E-state index in [4.69, 9.17) is 0 Å². The molecule has 130 valence electrons. The normalized spacial score (nSPS) is 11.3. The summed E-state index contributed by atoms with van der Waals surface area (Å²) in [6.45, 7) is 0.116. The van der Waals surface area contributed by atoms with Crippen LogP contribution in [0.4, 0.5) is 18.0 Å². The van der Waals surface area contributed by atoms with E-state index in [1.54, 1.807) is 0 Å². The van der Waals surface area contributed by atoms with Crippen LogP contribution in [0.25, 0.3) is 0 Å². The van der Waals surface area contributed by atoms with Gasteiger partial charge in [-0.05, 0) is 5.56 Å². The first kappa shape index (κ1) is 17.6. The maximum Gasteiger partial charge on any atom is 0.451 e. The third kappa shape index (κ3) is 4.37. The van der Waals surface area contributed by atoms with Gasteiger partial charge in [-0.3, -0.25) is 4.57 Å². The van der Waals surface area contributed by atoms with Gasteiger partial charge in [-0.2, -0.15) is 13.2 Å². The van der Waals surface area contributed by atoms with Gasteiger partial charge in [0.15, 0.2) is 0 Å². The fourth-order valence-electron chi connectivity index (χ4n) is 2.00. The van der Waals surface area contributed by atoms with Crippen LogP contribution in [-0.4, -0.2) is 26.9 Å². The molecule has 1 heterocycles. The number of nitrogens with one attached hydrogen (secondary N) is 2. The van der Waals surface area contributed by atoms with Gasteiger partial charge in [0, 0.05) is 20.1 Å². The summed E-state index contributed by atoms with van der Waals surface area (Å²) in [4.78, 5) is 23.3. The predicted molar refractivity (Wildman–Crippen MR) is 79.2 cm³/mol. The fourth-order valence-corrected chi connectivity index (χ4v) is 2.00. The summed E-state index contributed by atoms with van der Waals surface area (Å²) in [5.74, 6) is -1.28. The largest absolute Gasteiger partial charge is 0.451 e. The summed E-state index contributed by atoms with van der Waals surface area (Å²) in [6, 6.07) is 8.71. The van der Waals surface area contributed by atoms with Crippen molar-refractivity contribution in [2.75, 3.05) is 6.54 Å². The molecule has 0 radical (unpaired) electrons. The minimum atomic E-state index is -4.71. The Morgan fingerprint density at radius 3 is 2.46 bits per heavy atom. The Hall–Kier alpha value is -2.78. The Bertz CT molecular complexity index is 752. The van der Waals surface area contributed by atoms with Crippen LogP contribution >= 0.6 is 0 Å². The molecule has 2 amide bonds. The van der Waals surface area contributed by atoms with Crippen molar-refractivity contribution in [3.63, 3.8) is 0 Å². The maximum atomic E-state index is 12.6. The highest BCUT2D eigenvalue weighted by atomic mass is 19.4. The highest BCUT2D eigenvalue weighted by Gasteiger charge is 2.37. The van der Waals surface area contributed by atoms with Gasteiger partial charge in [0.1, 0.15) is 0 Å². The molecule has 0 saturated carbocycles. The SMILES string of the molecule is Cn1c(C(F)(F)F)nn(CCNC(=O)NCc2ccccc2)c1=O. The smallest absolute Gasteiger partial charge is 0.336 e. The molecule has 0 aliphatic rings. The molecule has 0 fully saturated rings. The van der Waals surface area contributed by atoms with Crippen molar-refractivity contribution >= 4 is 6.03 Å². The molecule has 0 aliphatic heterocycles. The number of benzene rings is 1. The van der Waals surface area contributed by atoms with Crippen molar-refractivity contribution < 1.29 is 18.0 Å². The zero-order chi connectivity index (χ0) is 17.7. The Labute approximate surface area is 135 Å². The van der Waals surface area contributed by atoms with Crippen molar-refractivity contribution in [3.8, 4) is 0 Å². The summed E-state index contributed by atoms with van der Waals surface area (Å²) in [5.41, 5.74) is 0.0113. The van der Waals surface area contributed by atoms with E-state index in [1.165, 1.54) is 0 Å². The second kappa shape index (κ2) is 7.20. The molecular weight excluding hydrogens is 327 g/mol. The lowest BCUT2D eigenvalue weighted by atomic mass is 10.2. The highest BCUT2D eigenvalue weighted by Crippen LogP contribution is 2.25. The summed E-state index contributed by atoms with van der Waals surface area (Å²) in [7, 11) is 0.995. The van der Waals surface area contributed by atoms with Crippen molar-refractivity contribution in [2.24, 2.45) is 7.05 Å². The average molecular weight is 343 g/mol. The van der Waals surface area contributed by atoms with E-state index >= 15 is 0 Å². The second-order valence-electron chi connectivity index (χ2n) is 4.98. The molecule has 24 heavy (non-hydrogen) atoms. The lowest BCUT2D eigenvalue weighted by Gasteiger charge is -2.07. The van der Waals surface area contributed by atoms with E-state index in [9.17, 15) is 22.8 Å². The number of hydrogen-bond acceptors (Lipinski definition) is 3. The Balaban J connectivity index is 1.84. The minimum absolute atomic E-state index is 0.0329. The van der Waals surface area contributed by atoms with Gasteiger partial charge in [0.25, 0.3) is 0 Å². The Kier molecular flexibility index (Phi) is 5.27. The zero-order valence-electron chi connectivity index (χ0n) is 12.8. The average Bonchev–Trinajstić information content (AvgIpc) is 2.82. The number of alkyl halides is 3. The number of hydrogen-bond donors (Lipinski definition) is 2. The quantitative estimate of drug-likeness (QED) is 0.853. The molecule has 2 N–H and O–H groups in total. The van der Waals surface area contributed by atoms with Gasteiger partial charge in [-0.25, -0.2) is 14.3 Å². The van der Waals surface area contributed by atoms with Crippen LogP contribution in [0.3, 0.4) is 0 Å². The standard InChI is InChI=1S/C14H16F3N5O2/c1-21-11(14(15,16)17)20-22(13(21)24)8-7-18-12(23)19-9-10-5-3-2-4-6-10/h2-6H,7-9H2,1H3,(H2,18,19,23). The monoisotopic (exact) mass is 343 g/mol. The summed E-state index contributed by atoms with van der Waals surface area (Å²) < 4.78 is 39.0. The minimum Gasteiger partial charge on any atom is -0.336 e. The van der Waals surface area contributed by atoms with Gasteiger partial charge in [0.2, 0.25) is 5.82 Å². The molecule has 0 atom stereocenters. The van der Waals surface area contributed by atoms with Crippen LogP contribution in [0.15, 0.2) is 35.1 Å². The Morgan fingerprint density at radius 1 is 1.21 bits per heavy atom. The molecule has 0 saturated heterocycles. The summed E-state index contributed by atoms with van der Waals surface area (Å²) in [6.07, 6.45) is -4.71. The van der Waals surface area contributed by atoms with Crippen molar-refractivity contribution in [1.82, 2.24) is 25.0 Å². The first-order valence-corrected chi connectivity index (χ1v) is 7.05. The van der Waals surface area contributed by atoms with Crippen LogP contribution in [0.2, 0.25) is 0 Å². The molecular formula is C14H16F3N5O2. The van der Waals surface area contributed by atoms with Crippen molar-refractivity contribution in [3.05, 3.63) is 52.2 Å². The molecule has 2 aromatic rings. The van der Waals surface area contributed by atoms with Crippen LogP contribution in [-0.2, 0) is 26.3 Å². The number of amides is 2. The fraction of sp³-hybridized carbons (Fsp3) is 0.357. The number of carbonyl (C=O) groups excluding carboxylic acids is 1. The van der Waals surface area contributed by atoms with E-state index in [-0.39, 0.29) is 13.1 Å². The summed E-state index contributed by atoms with van der Waals surface area (Å²) in [5, 5.41) is 8.29. The van der Waals surface area contributed by atoms with Crippen molar-refractivity contribution in [2.45, 2.75) is 19.3 Å². The lowest BCUT2D eigenvalue weighted by molar-refractivity contribution is -0.147. The number of rotatable bonds is 5. The van der Waals surface area contributed by atoms with Gasteiger partial charge in [-0.1, -0.05) is 30.3 Å². The van der Waals surface area contributed by atoms with E-state index in [2.05, 4.69) is 15.7 Å². The zero-order valence-corrected chi connectivity index (χ0v) is 12.8. The second-order valence-corrected chi connectivity index (χ2v) is 4.98. The first-order valence-electron chi connectivity index (χ1n) is 7.05. The number of urea groups is 1. The molecule has 0 aliphatic carbocycles. The van der Waals surface area contributed by atoms with Crippen LogP contribution in [0.5, 0.6) is 0 Å². The predicted octanol–water partition coefficient (Wildman–Crippen LogP) is 1.10. The van der Waals surface area contributed by atoms with E-state index in [1.807, 2.05) is 30.3 Å². The highest BCUT2D eigenvalue weighted by molar-refractivity contribution is 5.73. The summed E-state index contributed by atoms with van der Waals surface area (Å²) >= 11 is 0. The lowest BCUT2D eigenvalue weighted by Crippen LogP contribution is -2.38. The van der Waals surface area contributed by atoms with E-state index < -0.39 is 23.7 Å². The van der Waals surface area contributed by atoms with E-state index in [0.717, 1.165) is 12.6 Å². The van der Waals surface area contributed by atoms with Crippen LogP contribution in [0, 0.1) is 0 Å². The molecule has 1 aromatic heterocycles. The van der Waals surface area contributed by atoms with Gasteiger partial charge in [-0.15, -0.1) is 5.10 Å².